The van der Waals surface area contributed by atoms with Crippen LogP contribution in [0.2, 0.25) is 0 Å². The largest absolute Gasteiger partial charge is 0.487 e. The number of nitrogens with zero attached hydrogens (tertiary/aromatic N) is 2. The molecule has 0 aliphatic heterocycles. The molecule has 3 aromatic carbocycles. The van der Waals surface area contributed by atoms with Gasteiger partial charge in [0.2, 0.25) is 0 Å². The van der Waals surface area contributed by atoms with E-state index in [2.05, 4.69) is 50.2 Å². The number of hydrogen-bond donors (Lipinski definition) is 0. The van der Waals surface area contributed by atoms with E-state index in [0.717, 1.165) is 35.1 Å². The van der Waals surface area contributed by atoms with Crippen LogP contribution in [-0.2, 0) is 6.61 Å². The van der Waals surface area contributed by atoms with Gasteiger partial charge in [-0.2, -0.15) is 0 Å². The molecular weight excluding hydrogens is 641 g/mol. The average Bonchev–Trinajstić information content (AvgIpc) is 3.25. The van der Waals surface area contributed by atoms with E-state index < -0.39 is 0 Å². The minimum atomic E-state index is -0.264. The number of para-hydroxylation sites is 2. The minimum absolute atomic E-state index is 0.0599. The summed E-state index contributed by atoms with van der Waals surface area (Å²) in [6.45, 7) is 0.356. The lowest BCUT2D eigenvalue weighted by atomic mass is 10.2. The van der Waals surface area contributed by atoms with Gasteiger partial charge in [0.15, 0.2) is 4.96 Å². The van der Waals surface area contributed by atoms with Crippen molar-refractivity contribution in [2.45, 2.75) is 6.61 Å². The van der Waals surface area contributed by atoms with Crippen LogP contribution in [0.1, 0.15) is 11.1 Å². The van der Waals surface area contributed by atoms with Gasteiger partial charge < -0.3 is 4.74 Å². The highest BCUT2D eigenvalue weighted by Gasteiger charge is 2.12. The summed E-state index contributed by atoms with van der Waals surface area (Å²) in [6.07, 6.45) is 1.89. The van der Waals surface area contributed by atoms with Gasteiger partial charge in [0.05, 0.1) is 22.7 Å². The Labute approximate surface area is 207 Å². The maximum Gasteiger partial charge on any atom is 0.274 e. The SMILES string of the molecule is O=c1/c(=C/c2cc(I)c(OCc3ccc(F)cc3)c(I)c2)sc2nc3ccccc3n12. The molecule has 154 valence electrons. The van der Waals surface area contributed by atoms with E-state index in [1.807, 2.05) is 42.5 Å². The fourth-order valence-corrected chi connectivity index (χ4v) is 6.41. The smallest absolute Gasteiger partial charge is 0.274 e. The molecule has 0 saturated heterocycles. The van der Waals surface area contributed by atoms with Crippen LogP contribution in [0, 0.1) is 13.0 Å². The standard InChI is InChI=1S/C23H13FI2N2O2S/c24-15-7-5-13(6-8-15)12-30-21-16(25)9-14(10-17(21)26)11-20-22(29)28-19-4-2-1-3-18(19)27-23(28)31-20/h1-11H,12H2/b20-11-. The molecule has 0 atom stereocenters. The van der Waals surface area contributed by atoms with E-state index in [1.165, 1.54) is 23.5 Å². The van der Waals surface area contributed by atoms with Crippen LogP contribution >= 0.6 is 56.5 Å². The van der Waals surface area contributed by atoms with Crippen molar-refractivity contribution < 1.29 is 9.13 Å². The van der Waals surface area contributed by atoms with Crippen LogP contribution in [-0.4, -0.2) is 9.38 Å². The number of thiazole rings is 1. The number of imidazole rings is 1. The second-order valence-electron chi connectivity index (χ2n) is 6.86. The van der Waals surface area contributed by atoms with Crippen LogP contribution in [0.5, 0.6) is 5.75 Å². The van der Waals surface area contributed by atoms with Crippen molar-refractivity contribution in [2.24, 2.45) is 0 Å². The summed E-state index contributed by atoms with van der Waals surface area (Å²) in [4.78, 5) is 18.2. The van der Waals surface area contributed by atoms with Crippen molar-refractivity contribution in [3.05, 3.63) is 99.6 Å². The van der Waals surface area contributed by atoms with Crippen molar-refractivity contribution in [1.29, 1.82) is 0 Å². The van der Waals surface area contributed by atoms with Crippen molar-refractivity contribution in [2.75, 3.05) is 0 Å². The Morgan fingerprint density at radius 1 is 1.06 bits per heavy atom. The molecule has 0 radical (unpaired) electrons. The Hall–Kier alpha value is -2.05. The molecule has 0 unspecified atom stereocenters. The third-order valence-electron chi connectivity index (χ3n) is 4.76. The average molecular weight is 654 g/mol. The van der Waals surface area contributed by atoms with Crippen LogP contribution in [0.4, 0.5) is 4.39 Å². The van der Waals surface area contributed by atoms with Gasteiger partial charge >= 0.3 is 0 Å². The predicted molar refractivity (Wildman–Crippen MR) is 138 cm³/mol. The lowest BCUT2D eigenvalue weighted by Gasteiger charge is -2.11. The van der Waals surface area contributed by atoms with Gasteiger partial charge in [0.1, 0.15) is 18.2 Å². The molecule has 0 saturated carbocycles. The number of fused-ring (bicyclic) bond motifs is 3. The first kappa shape index (κ1) is 20.8. The normalized spacial score (nSPS) is 12.2. The molecule has 0 bridgehead atoms. The first-order chi connectivity index (χ1) is 15.0. The number of aromatic nitrogens is 2. The molecule has 0 fully saturated rings. The molecule has 0 aliphatic rings. The van der Waals surface area contributed by atoms with Gasteiger partial charge in [-0.3, -0.25) is 4.79 Å². The molecule has 5 aromatic rings. The van der Waals surface area contributed by atoms with Crippen LogP contribution < -0.4 is 14.8 Å². The third-order valence-corrected chi connectivity index (χ3v) is 7.33. The maximum atomic E-state index is 13.1. The Morgan fingerprint density at radius 3 is 2.52 bits per heavy atom. The summed E-state index contributed by atoms with van der Waals surface area (Å²) < 4.78 is 23.3. The van der Waals surface area contributed by atoms with Gasteiger partial charge in [-0.05, 0) is 98.8 Å². The molecule has 2 aromatic heterocycles. The van der Waals surface area contributed by atoms with Gasteiger partial charge in [0, 0.05) is 0 Å². The first-order valence-electron chi connectivity index (χ1n) is 9.27. The Balaban J connectivity index is 1.48. The maximum absolute atomic E-state index is 13.1. The topological polar surface area (TPSA) is 43.6 Å². The zero-order valence-electron chi connectivity index (χ0n) is 15.8. The number of hydrogen-bond acceptors (Lipinski definition) is 4. The number of benzene rings is 3. The molecule has 31 heavy (non-hydrogen) atoms. The molecule has 2 heterocycles. The summed E-state index contributed by atoms with van der Waals surface area (Å²) in [5, 5.41) is 0. The second-order valence-corrected chi connectivity index (χ2v) is 10.2. The monoisotopic (exact) mass is 654 g/mol. The Kier molecular flexibility index (Phi) is 5.69. The third kappa shape index (κ3) is 4.08. The van der Waals surface area contributed by atoms with Crippen molar-refractivity contribution in [1.82, 2.24) is 9.38 Å². The van der Waals surface area contributed by atoms with E-state index >= 15 is 0 Å². The Morgan fingerprint density at radius 2 is 1.77 bits per heavy atom. The van der Waals surface area contributed by atoms with Gasteiger partial charge in [0.25, 0.3) is 5.56 Å². The van der Waals surface area contributed by atoms with Crippen molar-refractivity contribution >= 4 is 78.6 Å². The summed E-state index contributed by atoms with van der Waals surface area (Å²) in [5.41, 5.74) is 3.41. The van der Waals surface area contributed by atoms with Gasteiger partial charge in [-0.1, -0.05) is 35.6 Å². The van der Waals surface area contributed by atoms with E-state index in [0.29, 0.717) is 16.1 Å². The van der Waals surface area contributed by atoms with Gasteiger partial charge in [-0.15, -0.1) is 0 Å². The molecule has 0 amide bonds. The summed E-state index contributed by atoms with van der Waals surface area (Å²) in [5.74, 6) is 0.511. The van der Waals surface area contributed by atoms with E-state index in [4.69, 9.17) is 4.74 Å². The van der Waals surface area contributed by atoms with Gasteiger partial charge in [-0.25, -0.2) is 13.8 Å². The Bertz CT molecular complexity index is 1520. The lowest BCUT2D eigenvalue weighted by molar-refractivity contribution is 0.301. The fraction of sp³-hybridized carbons (Fsp3) is 0.0435. The summed E-state index contributed by atoms with van der Waals surface area (Å²) >= 11 is 5.85. The predicted octanol–water partition coefficient (Wildman–Crippen LogP) is 5.38. The van der Waals surface area contributed by atoms with Crippen molar-refractivity contribution in [3.63, 3.8) is 0 Å². The molecule has 0 aliphatic carbocycles. The fourth-order valence-electron chi connectivity index (χ4n) is 3.30. The molecule has 8 heteroatoms. The number of halogens is 3. The number of rotatable bonds is 4. The molecule has 0 N–H and O–H groups in total. The van der Waals surface area contributed by atoms with Crippen LogP contribution in [0.3, 0.4) is 0 Å². The second kappa shape index (κ2) is 8.47. The van der Waals surface area contributed by atoms with Crippen molar-refractivity contribution in [3.8, 4) is 5.75 Å². The molecule has 4 nitrogen and oxygen atoms in total. The van der Waals surface area contributed by atoms with Crippen LogP contribution in [0.15, 0.2) is 65.5 Å². The first-order valence-corrected chi connectivity index (χ1v) is 12.2. The van der Waals surface area contributed by atoms with E-state index in [-0.39, 0.29) is 11.4 Å². The lowest BCUT2D eigenvalue weighted by Crippen LogP contribution is -2.22. The van der Waals surface area contributed by atoms with E-state index in [1.54, 1.807) is 16.5 Å². The summed E-state index contributed by atoms with van der Waals surface area (Å²) in [7, 11) is 0. The van der Waals surface area contributed by atoms with E-state index in [9.17, 15) is 9.18 Å². The summed E-state index contributed by atoms with van der Waals surface area (Å²) in [6, 6.07) is 17.9. The van der Waals surface area contributed by atoms with Crippen LogP contribution in [0.25, 0.3) is 22.1 Å². The molecule has 5 rings (SSSR count). The highest BCUT2D eigenvalue weighted by atomic mass is 127. The minimum Gasteiger partial charge on any atom is -0.487 e. The quantitative estimate of drug-likeness (QED) is 0.245. The highest BCUT2D eigenvalue weighted by molar-refractivity contribution is 14.1. The number of ether oxygens (including phenoxy) is 1. The molecular formula is C23H13FI2N2O2S. The molecule has 0 spiro atoms. The zero-order valence-corrected chi connectivity index (χ0v) is 20.9. The zero-order chi connectivity index (χ0) is 21.5. The highest BCUT2D eigenvalue weighted by Crippen LogP contribution is 2.30.